The van der Waals surface area contributed by atoms with Crippen LogP contribution in [0.4, 0.5) is 0 Å². The Kier molecular flexibility index (Phi) is 35.8. The Hall–Kier alpha value is -1.41. The molecule has 0 spiro atoms. The molecule has 1 aliphatic rings. The van der Waals surface area contributed by atoms with Crippen LogP contribution in [0.15, 0.2) is 12.2 Å². The van der Waals surface area contributed by atoms with Gasteiger partial charge in [-0.25, -0.2) is 4.57 Å². The Labute approximate surface area is 369 Å². The van der Waals surface area contributed by atoms with Crippen LogP contribution < -0.4 is 0 Å². The van der Waals surface area contributed by atoms with E-state index in [9.17, 15) is 44.6 Å². The Morgan fingerprint density at radius 3 is 1.25 bits per heavy atom. The normalized spacial score (nSPS) is 22.0. The SMILES string of the molecule is CCCCCCCC/C=C/CCCCCCCCCCCC(=O)OC[C@@H](COP(=O)(O)OC1C(O)C(O)C(O)[C@H](O)C1O)OC(=O)CCCCCCCCCCCCCCC. The lowest BCUT2D eigenvalue weighted by Crippen LogP contribution is -2.64. The number of aliphatic hydroxyl groups excluding tert-OH is 5. The minimum atomic E-state index is -5.11. The van der Waals surface area contributed by atoms with Gasteiger partial charge in [-0.1, -0.05) is 180 Å². The number of rotatable bonds is 41. The van der Waals surface area contributed by atoms with Crippen molar-refractivity contribution in [3.63, 3.8) is 0 Å². The molecule has 360 valence electrons. The third-order valence-electron chi connectivity index (χ3n) is 11.6. The second-order valence-electron chi connectivity index (χ2n) is 17.3. The third-order valence-corrected chi connectivity index (χ3v) is 12.6. The molecule has 0 radical (unpaired) electrons. The van der Waals surface area contributed by atoms with Gasteiger partial charge in [-0.15, -0.1) is 0 Å². The molecule has 0 saturated heterocycles. The largest absolute Gasteiger partial charge is 0.472 e. The van der Waals surface area contributed by atoms with Crippen LogP contribution in [0.2, 0.25) is 0 Å². The molecule has 0 aromatic carbocycles. The topological polar surface area (TPSA) is 210 Å². The zero-order valence-electron chi connectivity index (χ0n) is 38.2. The lowest BCUT2D eigenvalue weighted by Gasteiger charge is -2.41. The van der Waals surface area contributed by atoms with Crippen LogP contribution in [0.3, 0.4) is 0 Å². The predicted octanol–water partition coefficient (Wildman–Crippen LogP) is 9.84. The molecule has 0 aliphatic heterocycles. The molecule has 1 fully saturated rings. The smallest absolute Gasteiger partial charge is 0.462 e. The summed E-state index contributed by atoms with van der Waals surface area (Å²) in [6.45, 7) is 3.31. The van der Waals surface area contributed by atoms with E-state index in [2.05, 4.69) is 26.0 Å². The first kappa shape index (κ1) is 57.6. The number of ether oxygens (including phenoxy) is 2. The van der Waals surface area contributed by atoms with E-state index in [4.69, 9.17) is 18.5 Å². The van der Waals surface area contributed by atoms with Crippen LogP contribution in [0.25, 0.3) is 0 Å². The van der Waals surface area contributed by atoms with Crippen molar-refractivity contribution in [1.82, 2.24) is 0 Å². The van der Waals surface area contributed by atoms with Gasteiger partial charge >= 0.3 is 19.8 Å². The van der Waals surface area contributed by atoms with Crippen molar-refractivity contribution in [2.75, 3.05) is 13.2 Å². The van der Waals surface area contributed by atoms with Crippen LogP contribution >= 0.6 is 7.82 Å². The minimum Gasteiger partial charge on any atom is -0.462 e. The number of carbonyl (C=O) groups excluding carboxylic acids is 2. The van der Waals surface area contributed by atoms with Gasteiger partial charge < -0.3 is 39.9 Å². The summed E-state index contributed by atoms with van der Waals surface area (Å²) in [4.78, 5) is 35.7. The molecule has 6 N–H and O–H groups in total. The molecule has 61 heavy (non-hydrogen) atoms. The minimum absolute atomic E-state index is 0.102. The number of hydrogen-bond donors (Lipinski definition) is 6. The predicted molar refractivity (Wildman–Crippen MR) is 240 cm³/mol. The zero-order chi connectivity index (χ0) is 45.0. The fourth-order valence-electron chi connectivity index (χ4n) is 7.64. The van der Waals surface area contributed by atoms with Crippen LogP contribution in [0, 0.1) is 0 Å². The molecule has 0 heterocycles. The zero-order valence-corrected chi connectivity index (χ0v) is 39.1. The maximum Gasteiger partial charge on any atom is 0.472 e. The molecular weight excluding hydrogens is 803 g/mol. The van der Waals surface area contributed by atoms with Gasteiger partial charge in [-0.2, -0.15) is 0 Å². The van der Waals surface area contributed by atoms with E-state index in [-0.39, 0.29) is 12.8 Å². The first-order valence-corrected chi connectivity index (χ1v) is 26.0. The van der Waals surface area contributed by atoms with Crippen LogP contribution in [-0.4, -0.2) is 98.3 Å². The Balaban J connectivity index is 2.40. The molecule has 0 aromatic heterocycles. The number of unbranched alkanes of at least 4 members (excludes halogenated alkanes) is 27. The highest BCUT2D eigenvalue weighted by molar-refractivity contribution is 7.47. The van der Waals surface area contributed by atoms with Crippen molar-refractivity contribution >= 4 is 19.8 Å². The monoisotopic (exact) mass is 893 g/mol. The molecule has 0 amide bonds. The highest BCUT2D eigenvalue weighted by Crippen LogP contribution is 2.47. The fraction of sp³-hybridized carbons (Fsp3) is 0.915. The van der Waals surface area contributed by atoms with E-state index in [1.165, 1.54) is 141 Å². The second kappa shape index (κ2) is 37.9. The highest BCUT2D eigenvalue weighted by Gasteiger charge is 2.51. The maximum absolute atomic E-state index is 12.8. The number of aliphatic hydroxyl groups is 5. The van der Waals surface area contributed by atoms with Crippen molar-refractivity contribution in [3.05, 3.63) is 12.2 Å². The van der Waals surface area contributed by atoms with Crippen molar-refractivity contribution in [1.29, 1.82) is 0 Å². The maximum atomic E-state index is 12.8. The van der Waals surface area contributed by atoms with Crippen LogP contribution in [-0.2, 0) is 32.7 Å². The molecule has 1 rings (SSSR count). The quantitative estimate of drug-likeness (QED) is 0.0146. The van der Waals surface area contributed by atoms with Crippen LogP contribution in [0.1, 0.15) is 219 Å². The van der Waals surface area contributed by atoms with Crippen molar-refractivity contribution < 1.29 is 63.1 Å². The fourth-order valence-corrected chi connectivity index (χ4v) is 8.61. The summed E-state index contributed by atoms with van der Waals surface area (Å²) in [7, 11) is -5.11. The van der Waals surface area contributed by atoms with Gasteiger partial charge in [0.15, 0.2) is 6.10 Å². The Morgan fingerprint density at radius 1 is 0.492 bits per heavy atom. The summed E-state index contributed by atoms with van der Waals surface area (Å²) in [5, 5.41) is 50.2. The van der Waals surface area contributed by atoms with E-state index in [0.717, 1.165) is 38.5 Å². The van der Waals surface area contributed by atoms with E-state index < -0.39 is 75.7 Å². The molecule has 8 atom stereocenters. The lowest BCUT2D eigenvalue weighted by atomic mass is 9.85. The van der Waals surface area contributed by atoms with Gasteiger partial charge in [0.1, 0.15) is 43.2 Å². The molecular formula is C47H89O13P. The van der Waals surface area contributed by atoms with Gasteiger partial charge in [0.05, 0.1) is 6.61 Å². The summed E-state index contributed by atoms with van der Waals surface area (Å²) in [5.41, 5.74) is 0. The van der Waals surface area contributed by atoms with Gasteiger partial charge in [0.2, 0.25) is 0 Å². The molecule has 0 aromatic rings. The molecule has 6 unspecified atom stereocenters. The molecule has 1 saturated carbocycles. The number of phosphoric ester groups is 1. The third kappa shape index (κ3) is 30.4. The summed E-state index contributed by atoms with van der Waals surface area (Å²) >= 11 is 0. The molecule has 0 bridgehead atoms. The first-order chi connectivity index (χ1) is 29.4. The standard InChI is InChI=1S/C47H89O13P/c1-3-5-7-9-11-13-15-17-18-19-20-21-22-24-25-27-29-31-33-35-40(48)57-37-39(38-58-61(55,56)60-47-45(53)43(51)42(50)44(52)46(47)54)59-41(49)36-34-32-30-28-26-23-16-14-12-10-8-6-4-2/h17-18,39,42-47,50-54H,3-16,19-38H2,1-2H3,(H,55,56)/b18-17+/t39-,42?,43-,44?,45?,46?,47?/m0/s1. The molecule has 1 aliphatic carbocycles. The van der Waals surface area contributed by atoms with Crippen LogP contribution in [0.5, 0.6) is 0 Å². The molecule has 14 heteroatoms. The number of allylic oxidation sites excluding steroid dienone is 2. The summed E-state index contributed by atoms with van der Waals surface area (Å²) in [6.07, 6.45) is 26.9. The van der Waals surface area contributed by atoms with E-state index in [1.807, 2.05) is 0 Å². The summed E-state index contributed by atoms with van der Waals surface area (Å²) in [6, 6.07) is 0. The Bertz CT molecular complexity index is 1120. The average molecular weight is 893 g/mol. The van der Waals surface area contributed by atoms with E-state index >= 15 is 0 Å². The average Bonchev–Trinajstić information content (AvgIpc) is 3.24. The van der Waals surface area contributed by atoms with Gasteiger partial charge in [-0.05, 0) is 38.5 Å². The van der Waals surface area contributed by atoms with E-state index in [0.29, 0.717) is 12.8 Å². The van der Waals surface area contributed by atoms with Gasteiger partial charge in [-0.3, -0.25) is 18.6 Å². The number of hydrogen-bond acceptors (Lipinski definition) is 12. The first-order valence-electron chi connectivity index (χ1n) is 24.5. The number of phosphoric acid groups is 1. The number of esters is 2. The summed E-state index contributed by atoms with van der Waals surface area (Å²) < 4.78 is 33.6. The highest BCUT2D eigenvalue weighted by atomic mass is 31.2. The molecule has 13 nitrogen and oxygen atoms in total. The van der Waals surface area contributed by atoms with Crippen molar-refractivity contribution in [3.8, 4) is 0 Å². The van der Waals surface area contributed by atoms with Crippen molar-refractivity contribution in [2.45, 2.75) is 262 Å². The second-order valence-corrected chi connectivity index (χ2v) is 18.7. The lowest BCUT2D eigenvalue weighted by molar-refractivity contribution is -0.220. The summed E-state index contributed by atoms with van der Waals surface area (Å²) in [5.74, 6) is -1.09. The van der Waals surface area contributed by atoms with Gasteiger partial charge in [0, 0.05) is 12.8 Å². The van der Waals surface area contributed by atoms with Gasteiger partial charge in [0.25, 0.3) is 0 Å². The Morgan fingerprint density at radius 2 is 0.836 bits per heavy atom. The number of carbonyl (C=O) groups is 2. The van der Waals surface area contributed by atoms with Crippen molar-refractivity contribution in [2.24, 2.45) is 0 Å². The van der Waals surface area contributed by atoms with E-state index in [1.54, 1.807) is 0 Å².